The number of benzene rings is 1. The maximum Gasteiger partial charge on any atom is 0.258 e. The number of nitrogens with zero attached hydrogens (tertiary/aromatic N) is 1. The van der Waals surface area contributed by atoms with Gasteiger partial charge in [0.2, 0.25) is 0 Å². The Morgan fingerprint density at radius 1 is 1.40 bits per heavy atom. The number of rotatable bonds is 5. The standard InChI is InChI=1S/C15H19N3O2/c1-2-20-11-7-10(8-11)16-9-14-17-13-6-4-3-5-12(13)15(19)18-14/h3-6,10-11,16H,2,7-9H2,1H3,(H,17,18,19). The zero-order chi connectivity index (χ0) is 13.9. The van der Waals surface area contributed by atoms with E-state index in [-0.39, 0.29) is 5.56 Å². The quantitative estimate of drug-likeness (QED) is 0.868. The number of hydrogen-bond donors (Lipinski definition) is 2. The van der Waals surface area contributed by atoms with Crippen LogP contribution < -0.4 is 10.9 Å². The first-order valence-electron chi connectivity index (χ1n) is 7.09. The number of hydrogen-bond acceptors (Lipinski definition) is 4. The van der Waals surface area contributed by atoms with Crippen LogP contribution in [-0.2, 0) is 11.3 Å². The first-order valence-corrected chi connectivity index (χ1v) is 7.09. The van der Waals surface area contributed by atoms with Crippen molar-refractivity contribution in [1.29, 1.82) is 0 Å². The van der Waals surface area contributed by atoms with Crippen molar-refractivity contribution in [2.45, 2.75) is 38.5 Å². The highest BCUT2D eigenvalue weighted by Gasteiger charge is 2.28. The first kappa shape index (κ1) is 13.3. The third-order valence-electron chi connectivity index (χ3n) is 3.72. The molecule has 1 fully saturated rings. The SMILES string of the molecule is CCOC1CC(NCc2nc3ccccc3c(=O)[nH]2)C1. The average molecular weight is 273 g/mol. The Balaban J connectivity index is 1.63. The molecule has 1 aliphatic rings. The number of para-hydroxylation sites is 1. The van der Waals surface area contributed by atoms with Crippen molar-refractivity contribution < 1.29 is 4.74 Å². The van der Waals surface area contributed by atoms with E-state index in [1.54, 1.807) is 6.07 Å². The van der Waals surface area contributed by atoms with Crippen LogP contribution in [0.5, 0.6) is 0 Å². The highest BCUT2D eigenvalue weighted by molar-refractivity contribution is 5.77. The molecular weight excluding hydrogens is 254 g/mol. The van der Waals surface area contributed by atoms with Gasteiger partial charge in [0.25, 0.3) is 5.56 Å². The summed E-state index contributed by atoms with van der Waals surface area (Å²) < 4.78 is 5.52. The van der Waals surface area contributed by atoms with E-state index in [9.17, 15) is 4.79 Å². The lowest BCUT2D eigenvalue weighted by molar-refractivity contribution is -0.0103. The number of aromatic nitrogens is 2. The molecule has 20 heavy (non-hydrogen) atoms. The Morgan fingerprint density at radius 2 is 2.20 bits per heavy atom. The molecule has 5 heteroatoms. The fraction of sp³-hybridized carbons (Fsp3) is 0.467. The van der Waals surface area contributed by atoms with Crippen LogP contribution >= 0.6 is 0 Å². The van der Waals surface area contributed by atoms with E-state index in [1.165, 1.54) is 0 Å². The topological polar surface area (TPSA) is 67.0 Å². The van der Waals surface area contributed by atoms with Gasteiger partial charge in [-0.25, -0.2) is 4.98 Å². The minimum absolute atomic E-state index is 0.0757. The number of nitrogens with one attached hydrogen (secondary N) is 2. The van der Waals surface area contributed by atoms with Crippen molar-refractivity contribution >= 4 is 10.9 Å². The van der Waals surface area contributed by atoms with Crippen LogP contribution in [0.25, 0.3) is 10.9 Å². The molecule has 0 radical (unpaired) electrons. The summed E-state index contributed by atoms with van der Waals surface area (Å²) in [6, 6.07) is 7.85. The summed E-state index contributed by atoms with van der Waals surface area (Å²) in [6.07, 6.45) is 2.46. The van der Waals surface area contributed by atoms with Crippen LogP contribution in [0.3, 0.4) is 0 Å². The van der Waals surface area contributed by atoms with E-state index in [4.69, 9.17) is 4.74 Å². The third-order valence-corrected chi connectivity index (χ3v) is 3.72. The van der Waals surface area contributed by atoms with Gasteiger partial charge in [0.05, 0.1) is 23.6 Å². The largest absolute Gasteiger partial charge is 0.378 e. The van der Waals surface area contributed by atoms with Crippen molar-refractivity contribution in [2.75, 3.05) is 6.61 Å². The van der Waals surface area contributed by atoms with Gasteiger partial charge in [-0.2, -0.15) is 0 Å². The molecule has 0 bridgehead atoms. The fourth-order valence-corrected chi connectivity index (χ4v) is 2.56. The Morgan fingerprint density at radius 3 is 3.00 bits per heavy atom. The number of ether oxygens (including phenoxy) is 1. The predicted molar refractivity (Wildman–Crippen MR) is 77.6 cm³/mol. The van der Waals surface area contributed by atoms with Crippen LogP contribution in [0.1, 0.15) is 25.6 Å². The zero-order valence-electron chi connectivity index (χ0n) is 11.6. The normalized spacial score (nSPS) is 21.9. The molecule has 0 aliphatic heterocycles. The van der Waals surface area contributed by atoms with E-state index in [1.807, 2.05) is 25.1 Å². The summed E-state index contributed by atoms with van der Waals surface area (Å²) in [5.41, 5.74) is 0.669. The molecule has 1 aromatic heterocycles. The molecule has 1 aromatic carbocycles. The lowest BCUT2D eigenvalue weighted by atomic mass is 9.89. The number of H-pyrrole nitrogens is 1. The van der Waals surface area contributed by atoms with Crippen molar-refractivity contribution in [1.82, 2.24) is 15.3 Å². The molecule has 2 aromatic rings. The molecule has 0 spiro atoms. The third kappa shape index (κ3) is 2.73. The van der Waals surface area contributed by atoms with Crippen molar-refractivity contribution in [3.63, 3.8) is 0 Å². The molecule has 2 N–H and O–H groups in total. The lowest BCUT2D eigenvalue weighted by Gasteiger charge is -2.35. The highest BCUT2D eigenvalue weighted by atomic mass is 16.5. The smallest absolute Gasteiger partial charge is 0.258 e. The van der Waals surface area contributed by atoms with E-state index < -0.39 is 0 Å². The minimum Gasteiger partial charge on any atom is -0.378 e. The van der Waals surface area contributed by atoms with Crippen molar-refractivity contribution in [2.24, 2.45) is 0 Å². The summed E-state index contributed by atoms with van der Waals surface area (Å²) in [7, 11) is 0. The second-order valence-corrected chi connectivity index (χ2v) is 5.16. The predicted octanol–water partition coefficient (Wildman–Crippen LogP) is 1.58. The molecule has 5 nitrogen and oxygen atoms in total. The van der Waals surface area contributed by atoms with Gasteiger partial charge in [-0.1, -0.05) is 12.1 Å². The highest BCUT2D eigenvalue weighted by Crippen LogP contribution is 2.23. The Kier molecular flexibility index (Phi) is 3.80. The summed E-state index contributed by atoms with van der Waals surface area (Å²) in [5, 5.41) is 4.04. The van der Waals surface area contributed by atoms with E-state index in [0.29, 0.717) is 29.9 Å². The van der Waals surface area contributed by atoms with Crippen LogP contribution in [0.4, 0.5) is 0 Å². The van der Waals surface area contributed by atoms with Crippen LogP contribution in [0.2, 0.25) is 0 Å². The average Bonchev–Trinajstić information content (AvgIpc) is 2.41. The van der Waals surface area contributed by atoms with Gasteiger partial charge in [0, 0.05) is 12.6 Å². The molecule has 1 saturated carbocycles. The van der Waals surface area contributed by atoms with E-state index in [2.05, 4.69) is 15.3 Å². The van der Waals surface area contributed by atoms with Crippen LogP contribution in [-0.4, -0.2) is 28.7 Å². The second kappa shape index (κ2) is 5.73. The molecule has 0 atom stereocenters. The maximum absolute atomic E-state index is 11.9. The molecule has 106 valence electrons. The summed E-state index contributed by atoms with van der Waals surface area (Å²) in [4.78, 5) is 19.2. The molecule has 3 rings (SSSR count). The summed E-state index contributed by atoms with van der Waals surface area (Å²) in [5.74, 6) is 0.688. The van der Waals surface area contributed by atoms with Gasteiger partial charge in [-0.05, 0) is 31.9 Å². The number of aromatic amines is 1. The molecular formula is C15H19N3O2. The van der Waals surface area contributed by atoms with Gasteiger partial charge in [-0.15, -0.1) is 0 Å². The van der Waals surface area contributed by atoms with Gasteiger partial charge in [0.1, 0.15) is 5.82 Å². The van der Waals surface area contributed by atoms with Crippen molar-refractivity contribution in [3.8, 4) is 0 Å². The lowest BCUT2D eigenvalue weighted by Crippen LogP contribution is -2.45. The molecule has 0 unspecified atom stereocenters. The molecule has 0 saturated heterocycles. The van der Waals surface area contributed by atoms with Gasteiger partial charge >= 0.3 is 0 Å². The van der Waals surface area contributed by atoms with Gasteiger partial charge in [0.15, 0.2) is 0 Å². The Hall–Kier alpha value is -1.72. The minimum atomic E-state index is -0.0757. The maximum atomic E-state index is 11.9. The zero-order valence-corrected chi connectivity index (χ0v) is 11.6. The second-order valence-electron chi connectivity index (χ2n) is 5.16. The fourth-order valence-electron chi connectivity index (χ4n) is 2.56. The van der Waals surface area contributed by atoms with E-state index in [0.717, 1.165) is 25.0 Å². The van der Waals surface area contributed by atoms with Gasteiger partial charge in [-0.3, -0.25) is 4.79 Å². The Labute approximate surface area is 117 Å². The first-order chi connectivity index (χ1) is 9.76. The summed E-state index contributed by atoms with van der Waals surface area (Å²) >= 11 is 0. The van der Waals surface area contributed by atoms with E-state index >= 15 is 0 Å². The monoisotopic (exact) mass is 273 g/mol. The van der Waals surface area contributed by atoms with Gasteiger partial charge < -0.3 is 15.0 Å². The van der Waals surface area contributed by atoms with Crippen molar-refractivity contribution in [3.05, 3.63) is 40.4 Å². The number of fused-ring (bicyclic) bond motifs is 1. The molecule has 1 heterocycles. The van der Waals surface area contributed by atoms with Crippen LogP contribution in [0.15, 0.2) is 29.1 Å². The molecule has 1 aliphatic carbocycles. The molecule has 0 amide bonds. The Bertz CT molecular complexity index is 647. The van der Waals surface area contributed by atoms with Crippen LogP contribution in [0, 0.1) is 0 Å². The summed E-state index contributed by atoms with van der Waals surface area (Å²) in [6.45, 7) is 3.38.